The third-order valence-corrected chi connectivity index (χ3v) is 3.43. The highest BCUT2D eigenvalue weighted by Gasteiger charge is 1.63. The molecule has 0 bridgehead atoms. The van der Waals surface area contributed by atoms with Gasteiger partial charge in [-0.2, -0.15) is 5.26 Å². The van der Waals surface area contributed by atoms with E-state index in [-0.39, 0.29) is 0 Å². The fourth-order valence-electron chi connectivity index (χ4n) is 1.68. The van der Waals surface area contributed by atoms with E-state index >= 15 is 0 Å². The predicted octanol–water partition coefficient (Wildman–Crippen LogP) is 0.622. The lowest BCUT2D eigenvalue weighted by molar-refractivity contribution is 1.55. The Hall–Kier alpha value is -12.4. The highest BCUT2D eigenvalue weighted by Crippen LogP contribution is 1.63. The third-order valence-electron chi connectivity index (χ3n) is 3.43. The Morgan fingerprint density at radius 2 is 0.228 bits per heavy atom. The van der Waals surface area contributed by atoms with Crippen LogP contribution in [0.2, 0.25) is 0 Å². The zero-order valence-electron chi connectivity index (χ0n) is 28.9. The number of hydrogen-bond acceptors (Lipinski definition) is 1. The first kappa shape index (κ1) is 44.6. The lowest BCUT2D eigenvalue weighted by Gasteiger charge is -1.57. The maximum absolute atomic E-state index is 8.20. The molecular weight excluding hydrogens is 687 g/mol. The van der Waals surface area contributed by atoms with E-state index < -0.39 is 0 Å². The van der Waals surface area contributed by atoms with Gasteiger partial charge in [0.05, 0.1) is 0 Å². The smallest absolute Gasteiger partial charge is 0.153 e. The summed E-state index contributed by atoms with van der Waals surface area (Å²) in [5.74, 6) is 134. The highest BCUT2D eigenvalue weighted by atomic mass is 14.2. The van der Waals surface area contributed by atoms with E-state index in [1.165, 1.54) is 0 Å². The summed E-state index contributed by atoms with van der Waals surface area (Å²) in [5.41, 5.74) is 0. The van der Waals surface area contributed by atoms with Crippen LogP contribution in [0, 0.1) is 331 Å². The molecule has 0 saturated carbocycles. The number of nitrogens with zero attached hydrogens (tertiary/aromatic N) is 1. The Morgan fingerprint density at radius 3 is 0.316 bits per heavy atom. The van der Waals surface area contributed by atoms with Crippen molar-refractivity contribution in [1.82, 2.24) is 0 Å². The molecule has 0 aliphatic heterocycles. The molecule has 0 aliphatic rings. The van der Waals surface area contributed by atoms with E-state index in [9.17, 15) is 0 Å². The third kappa shape index (κ3) is 43.6. The monoisotopic (exact) mass is 689 g/mol. The second-order valence-electron chi connectivity index (χ2n) is 6.99. The van der Waals surface area contributed by atoms with E-state index in [4.69, 9.17) is 5.26 Å². The van der Waals surface area contributed by atoms with Crippen molar-refractivity contribution in [1.29, 1.82) is 5.26 Å². The van der Waals surface area contributed by atoms with Crippen LogP contribution in [-0.2, 0) is 0 Å². The first-order chi connectivity index (χ1) is 28.4. The van der Waals surface area contributed by atoms with Crippen LogP contribution in [-0.4, -0.2) is 0 Å². The summed E-state index contributed by atoms with van der Waals surface area (Å²) in [5, 5.41) is 8.20. The molecule has 0 atom stereocenters. The minimum absolute atomic E-state index is 1.63. The molecule has 0 aliphatic carbocycles. The molecule has 232 valence electrons. The Bertz CT molecular complexity index is 3580. The van der Waals surface area contributed by atoms with Crippen molar-refractivity contribution in [3.8, 4) is 326 Å². The van der Waals surface area contributed by atoms with Gasteiger partial charge in [-0.05, 0) is 54.3 Å². The zero-order chi connectivity index (χ0) is 40.9. The van der Waals surface area contributed by atoms with Gasteiger partial charge in [0.25, 0.3) is 0 Å². The number of nitriles is 1. The number of rotatable bonds is 0. The van der Waals surface area contributed by atoms with Gasteiger partial charge in [0.1, 0.15) is 0 Å². The molecule has 0 radical (unpaired) electrons. The van der Waals surface area contributed by atoms with Crippen LogP contribution >= 0.6 is 0 Å². The Morgan fingerprint density at radius 1 is 0.140 bits per heavy atom. The second kappa shape index (κ2) is 43.6. The molecule has 0 amide bonds. The van der Waals surface area contributed by atoms with Gasteiger partial charge in [0.2, 0.25) is 0 Å². The van der Waals surface area contributed by atoms with Gasteiger partial charge in [-0.1, -0.05) is 5.92 Å². The predicted molar refractivity (Wildman–Crippen MR) is 221 cm³/mol. The van der Waals surface area contributed by atoms with Gasteiger partial charge in [0, 0.05) is 266 Å². The molecule has 0 aromatic heterocycles. The SMILES string of the molecule is CC#CC#CC#CC#CC#CC#CC#CC#CC#CC#CC#CC#CC#CC#CC#CC#CC#CC#CC#CC#CC#CC#CC#CC#CC#CC#CC#CC#N. The molecule has 1 heteroatoms. The van der Waals surface area contributed by atoms with Gasteiger partial charge < -0.3 is 0 Å². The molecule has 1 nitrogen and oxygen atoms in total. The molecule has 0 fully saturated rings. The van der Waals surface area contributed by atoms with Gasteiger partial charge in [-0.15, -0.1) is 0 Å². The topological polar surface area (TPSA) is 23.8 Å². The molecule has 0 unspecified atom stereocenters. The summed E-state index contributed by atoms with van der Waals surface area (Å²) in [6, 6.07) is 1.63. The van der Waals surface area contributed by atoms with Gasteiger partial charge in [-0.3, -0.25) is 0 Å². The lowest BCUT2D eigenvalue weighted by atomic mass is 10.4. The van der Waals surface area contributed by atoms with E-state index in [0.29, 0.717) is 0 Å². The highest BCUT2D eigenvalue weighted by molar-refractivity contribution is 5.51. The molecule has 0 heterocycles. The van der Waals surface area contributed by atoms with Crippen LogP contribution < -0.4 is 0 Å². The van der Waals surface area contributed by atoms with Crippen molar-refractivity contribution < 1.29 is 0 Å². The van der Waals surface area contributed by atoms with E-state index in [1.807, 2.05) is 0 Å². The van der Waals surface area contributed by atoms with Crippen LogP contribution in [0.1, 0.15) is 6.92 Å². The van der Waals surface area contributed by atoms with E-state index in [1.54, 1.807) is 13.0 Å². The first-order valence-electron chi connectivity index (χ1n) is 14.2. The average molecular weight is 690 g/mol. The summed E-state index contributed by atoms with van der Waals surface area (Å²) < 4.78 is 0. The maximum Gasteiger partial charge on any atom is 0.153 e. The first-order valence-corrected chi connectivity index (χ1v) is 14.2. The Labute approximate surface area is 336 Å². The molecule has 57 heavy (non-hydrogen) atoms. The van der Waals surface area contributed by atoms with Crippen molar-refractivity contribution in [2.45, 2.75) is 6.92 Å². The maximum atomic E-state index is 8.20. The molecule has 0 aromatic rings. The Kier molecular flexibility index (Phi) is 34.1. The van der Waals surface area contributed by atoms with Crippen molar-refractivity contribution in [2.75, 3.05) is 0 Å². The minimum Gasteiger partial charge on any atom is -0.183 e. The van der Waals surface area contributed by atoms with Crippen LogP contribution in [0.5, 0.6) is 0 Å². The van der Waals surface area contributed by atoms with Crippen molar-refractivity contribution in [2.24, 2.45) is 0 Å². The van der Waals surface area contributed by atoms with Crippen LogP contribution in [0.4, 0.5) is 0 Å². The van der Waals surface area contributed by atoms with Gasteiger partial charge in [-0.25, -0.2) is 0 Å². The van der Waals surface area contributed by atoms with Gasteiger partial charge >= 0.3 is 0 Å². The molecule has 0 spiro atoms. The largest absolute Gasteiger partial charge is 0.183 e. The molecule has 0 saturated heterocycles. The molecule has 0 rings (SSSR count). The fraction of sp³-hybridized carbons (Fsp3) is 0.0179. The Balaban J connectivity index is 4.58. The summed E-state index contributed by atoms with van der Waals surface area (Å²) in [7, 11) is 0. The molecular formula is C56H3N. The second-order valence-corrected chi connectivity index (χ2v) is 6.99. The molecule has 0 N–H and O–H groups in total. The summed E-state index contributed by atoms with van der Waals surface area (Å²) in [4.78, 5) is 0. The standard InChI is InChI=1S/C56H3N/c1-2-3-4-5-6-7-8-9-10-11-12-13-14-15-16-17-18-19-20-21-22-23-24-25-26-27-28-29-30-31-32-33-34-35-36-37-38-39-40-41-42-43-44-45-46-47-48-49-50-51-52-53-54-55-56-57/h1H3. The van der Waals surface area contributed by atoms with Gasteiger partial charge in [0.15, 0.2) is 6.07 Å². The molecule has 0 aromatic carbocycles. The summed E-state index contributed by atoms with van der Waals surface area (Å²) in [6.45, 7) is 1.69. The average Bonchev–Trinajstić information content (AvgIpc) is 3.22. The van der Waals surface area contributed by atoms with Crippen molar-refractivity contribution in [3.63, 3.8) is 0 Å². The van der Waals surface area contributed by atoms with E-state index in [2.05, 4.69) is 320 Å². The van der Waals surface area contributed by atoms with Crippen molar-refractivity contribution >= 4 is 0 Å². The van der Waals surface area contributed by atoms with E-state index in [0.717, 1.165) is 0 Å². The lowest BCUT2D eigenvalue weighted by Crippen LogP contribution is -1.57. The summed E-state index contributed by atoms with van der Waals surface area (Å²) in [6.07, 6.45) is 0. The normalized spacial score (nSPS) is 3.93. The zero-order valence-corrected chi connectivity index (χ0v) is 28.9. The number of hydrogen-bond donors (Lipinski definition) is 0. The van der Waals surface area contributed by atoms with Crippen molar-refractivity contribution in [3.05, 3.63) is 0 Å². The minimum atomic E-state index is 1.63. The fourth-order valence-corrected chi connectivity index (χ4v) is 1.68. The van der Waals surface area contributed by atoms with Crippen LogP contribution in [0.25, 0.3) is 0 Å². The summed E-state index contributed by atoms with van der Waals surface area (Å²) >= 11 is 0. The quantitative estimate of drug-likeness (QED) is 0.343. The van der Waals surface area contributed by atoms with Crippen LogP contribution in [0.15, 0.2) is 0 Å². The van der Waals surface area contributed by atoms with Crippen LogP contribution in [0.3, 0.4) is 0 Å².